The van der Waals surface area contributed by atoms with Gasteiger partial charge in [-0.05, 0) is 42.5 Å². The van der Waals surface area contributed by atoms with Gasteiger partial charge in [-0.3, -0.25) is 19.7 Å². The number of hydrogen-bond donors (Lipinski definition) is 1. The van der Waals surface area contributed by atoms with Crippen molar-refractivity contribution in [3.05, 3.63) is 28.3 Å². The van der Waals surface area contributed by atoms with Crippen LogP contribution in [0.5, 0.6) is 11.5 Å². The van der Waals surface area contributed by atoms with Crippen LogP contribution in [-0.4, -0.2) is 31.3 Å². The highest BCUT2D eigenvalue weighted by molar-refractivity contribution is 6.33. The zero-order valence-electron chi connectivity index (χ0n) is 17.3. The summed E-state index contributed by atoms with van der Waals surface area (Å²) in [6.45, 7) is 0.548. The number of ether oxygens (including phenoxy) is 2. The second kappa shape index (κ2) is 10.6. The van der Waals surface area contributed by atoms with E-state index in [1.807, 2.05) is 0 Å². The Morgan fingerprint density at radius 1 is 1.13 bits per heavy atom. The first-order valence-electron chi connectivity index (χ1n) is 10.6. The van der Waals surface area contributed by atoms with E-state index in [1.165, 1.54) is 51.7 Å². The highest BCUT2D eigenvalue weighted by atomic mass is 35.5. The fourth-order valence-electron chi connectivity index (χ4n) is 4.07. The molecule has 2 amide bonds. The lowest BCUT2D eigenvalue weighted by atomic mass is 9.86. The summed E-state index contributed by atoms with van der Waals surface area (Å²) in [5, 5.41) is 2.48. The smallest absolute Gasteiger partial charge is 0.261 e. The van der Waals surface area contributed by atoms with Crippen molar-refractivity contribution in [2.75, 3.05) is 13.7 Å². The van der Waals surface area contributed by atoms with Gasteiger partial charge in [0.1, 0.15) is 0 Å². The molecule has 1 aliphatic carbocycles. The first-order valence-corrected chi connectivity index (χ1v) is 10.9. The highest BCUT2D eigenvalue weighted by Crippen LogP contribution is 2.37. The number of piperidine rings is 1. The number of carbonyl (C=O) groups is 3. The van der Waals surface area contributed by atoms with Crippen LogP contribution in [0.15, 0.2) is 17.7 Å². The van der Waals surface area contributed by atoms with E-state index in [2.05, 4.69) is 5.32 Å². The maximum Gasteiger partial charge on any atom is 0.261 e. The molecule has 0 atom stereocenters. The van der Waals surface area contributed by atoms with Gasteiger partial charge < -0.3 is 9.47 Å². The lowest BCUT2D eigenvalue weighted by molar-refractivity contribution is -0.134. The molecule has 30 heavy (non-hydrogen) atoms. The number of rotatable bonds is 8. The predicted octanol–water partition coefficient (Wildman–Crippen LogP) is 4.48. The number of Topliss-reactive ketones (excluding diaryl/α,β-unsaturated/α-hetero) is 1. The second-order valence-corrected chi connectivity index (χ2v) is 8.32. The summed E-state index contributed by atoms with van der Waals surface area (Å²) in [5.74, 6) is -0.0686. The lowest BCUT2D eigenvalue weighted by Crippen LogP contribution is -2.40. The topological polar surface area (TPSA) is 81.7 Å². The number of benzene rings is 1. The minimum atomic E-state index is -0.704. The van der Waals surface area contributed by atoms with Gasteiger partial charge in [-0.1, -0.05) is 50.1 Å². The van der Waals surface area contributed by atoms with Gasteiger partial charge in [-0.2, -0.15) is 0 Å². The highest BCUT2D eigenvalue weighted by Gasteiger charge is 2.28. The number of ketones is 1. The predicted molar refractivity (Wildman–Crippen MR) is 115 cm³/mol. The molecule has 7 heteroatoms. The van der Waals surface area contributed by atoms with Gasteiger partial charge in [-0.25, -0.2) is 0 Å². The Kier molecular flexibility index (Phi) is 7.91. The standard InChI is InChI=1S/C23H28ClNO5/c1-29-20-13-16(11-17-19(26)14-21(27)25-23(17)28)12-18(24)22(20)30-10-6-5-9-15-7-3-2-4-8-15/h11-13,15H,2-10,14H2,1H3,(H,25,27,28)/b17-11+. The Labute approximate surface area is 181 Å². The van der Waals surface area contributed by atoms with Crippen molar-refractivity contribution in [1.82, 2.24) is 5.32 Å². The molecule has 1 heterocycles. The van der Waals surface area contributed by atoms with Crippen LogP contribution in [-0.2, 0) is 14.4 Å². The first kappa shape index (κ1) is 22.3. The SMILES string of the molecule is COc1cc(/C=C2\C(=O)CC(=O)NC2=O)cc(Cl)c1OCCCCC1CCCCC1. The minimum absolute atomic E-state index is 0.0795. The average molecular weight is 434 g/mol. The summed E-state index contributed by atoms with van der Waals surface area (Å²) in [6, 6.07) is 3.28. The molecule has 0 radical (unpaired) electrons. The monoisotopic (exact) mass is 433 g/mol. The van der Waals surface area contributed by atoms with E-state index in [9.17, 15) is 14.4 Å². The molecule has 2 fully saturated rings. The number of nitrogens with one attached hydrogen (secondary N) is 1. The van der Waals surface area contributed by atoms with Crippen molar-refractivity contribution >= 4 is 35.3 Å². The van der Waals surface area contributed by atoms with Crippen molar-refractivity contribution in [2.45, 2.75) is 57.8 Å². The summed E-state index contributed by atoms with van der Waals surface area (Å²) >= 11 is 6.39. The molecule has 1 aromatic rings. The van der Waals surface area contributed by atoms with Crippen molar-refractivity contribution in [1.29, 1.82) is 0 Å². The molecule has 2 aliphatic rings. The molecule has 162 valence electrons. The van der Waals surface area contributed by atoms with E-state index in [4.69, 9.17) is 21.1 Å². The van der Waals surface area contributed by atoms with Gasteiger partial charge in [0.05, 0.1) is 30.7 Å². The number of amides is 2. The number of halogens is 1. The third-order valence-electron chi connectivity index (χ3n) is 5.66. The van der Waals surface area contributed by atoms with Crippen molar-refractivity contribution in [2.24, 2.45) is 5.92 Å². The van der Waals surface area contributed by atoms with Gasteiger partial charge >= 0.3 is 0 Å². The van der Waals surface area contributed by atoms with Crippen LogP contribution in [0.2, 0.25) is 5.02 Å². The Balaban J connectivity index is 1.61. The van der Waals surface area contributed by atoms with E-state index >= 15 is 0 Å². The lowest BCUT2D eigenvalue weighted by Gasteiger charge is -2.21. The molecule has 1 aliphatic heterocycles. The molecule has 1 saturated carbocycles. The molecule has 3 rings (SSSR count). The Morgan fingerprint density at radius 3 is 2.60 bits per heavy atom. The maximum absolute atomic E-state index is 12.0. The van der Waals surface area contributed by atoms with E-state index in [-0.39, 0.29) is 12.0 Å². The van der Waals surface area contributed by atoms with Crippen LogP contribution in [0.1, 0.15) is 63.4 Å². The average Bonchev–Trinajstić information content (AvgIpc) is 2.72. The van der Waals surface area contributed by atoms with E-state index in [0.717, 1.165) is 18.8 Å². The molecular weight excluding hydrogens is 406 g/mol. The summed E-state index contributed by atoms with van der Waals surface area (Å²) in [6.07, 6.45) is 11.2. The van der Waals surface area contributed by atoms with Gasteiger partial charge in [-0.15, -0.1) is 0 Å². The first-order chi connectivity index (χ1) is 14.5. The molecule has 1 N–H and O–H groups in total. The van der Waals surface area contributed by atoms with Crippen LogP contribution in [0, 0.1) is 5.92 Å². The Morgan fingerprint density at radius 2 is 1.90 bits per heavy atom. The maximum atomic E-state index is 12.0. The zero-order chi connectivity index (χ0) is 21.5. The number of methoxy groups -OCH3 is 1. The quantitative estimate of drug-likeness (QED) is 0.215. The number of carbonyl (C=O) groups excluding carboxylic acids is 3. The molecule has 6 nitrogen and oxygen atoms in total. The fourth-order valence-corrected chi connectivity index (χ4v) is 4.34. The summed E-state index contributed by atoms with van der Waals surface area (Å²) in [7, 11) is 1.51. The Hall–Kier alpha value is -2.34. The molecule has 1 saturated heterocycles. The molecule has 0 unspecified atom stereocenters. The number of hydrogen-bond acceptors (Lipinski definition) is 5. The molecular formula is C23H28ClNO5. The fraction of sp³-hybridized carbons (Fsp3) is 0.522. The largest absolute Gasteiger partial charge is 0.493 e. The van der Waals surface area contributed by atoms with Gasteiger partial charge in [0, 0.05) is 0 Å². The van der Waals surface area contributed by atoms with Crippen LogP contribution in [0.25, 0.3) is 6.08 Å². The van der Waals surface area contributed by atoms with Crippen LogP contribution in [0.3, 0.4) is 0 Å². The molecule has 0 aromatic heterocycles. The number of imide groups is 1. The van der Waals surface area contributed by atoms with Crippen LogP contribution < -0.4 is 14.8 Å². The zero-order valence-corrected chi connectivity index (χ0v) is 18.1. The van der Waals surface area contributed by atoms with E-state index in [0.29, 0.717) is 28.7 Å². The van der Waals surface area contributed by atoms with Crippen LogP contribution in [0.4, 0.5) is 0 Å². The second-order valence-electron chi connectivity index (χ2n) is 7.92. The van der Waals surface area contributed by atoms with Gasteiger partial charge in [0.15, 0.2) is 17.3 Å². The summed E-state index contributed by atoms with van der Waals surface area (Å²) < 4.78 is 11.3. The minimum Gasteiger partial charge on any atom is -0.493 e. The van der Waals surface area contributed by atoms with Crippen molar-refractivity contribution < 1.29 is 23.9 Å². The van der Waals surface area contributed by atoms with Gasteiger partial charge in [0.25, 0.3) is 5.91 Å². The third kappa shape index (κ3) is 5.85. The number of unbranched alkanes of at least 4 members (excludes halogenated alkanes) is 1. The van der Waals surface area contributed by atoms with E-state index in [1.54, 1.807) is 12.1 Å². The van der Waals surface area contributed by atoms with Crippen molar-refractivity contribution in [3.8, 4) is 11.5 Å². The molecule has 1 aromatic carbocycles. The van der Waals surface area contributed by atoms with E-state index < -0.39 is 17.6 Å². The Bertz CT molecular complexity index is 820. The third-order valence-corrected chi connectivity index (χ3v) is 5.94. The molecule has 0 bridgehead atoms. The van der Waals surface area contributed by atoms with Crippen LogP contribution >= 0.6 is 11.6 Å². The van der Waals surface area contributed by atoms with Crippen molar-refractivity contribution in [3.63, 3.8) is 0 Å². The summed E-state index contributed by atoms with van der Waals surface area (Å²) in [4.78, 5) is 35.2. The normalized spacial score (nSPS) is 19.1. The van der Waals surface area contributed by atoms with Gasteiger partial charge in [0.2, 0.25) is 5.91 Å². The summed E-state index contributed by atoms with van der Waals surface area (Å²) in [5.41, 5.74) is 0.443. The molecule has 0 spiro atoms.